The maximum Gasteiger partial charge on any atom is 0.228 e. The Bertz CT molecular complexity index is 571. The molecule has 0 bridgehead atoms. The molecule has 0 fully saturated rings. The van der Waals surface area contributed by atoms with E-state index >= 15 is 0 Å². The van der Waals surface area contributed by atoms with Crippen molar-refractivity contribution < 1.29 is 4.79 Å². The van der Waals surface area contributed by atoms with Gasteiger partial charge in [-0.05, 0) is 41.1 Å². The summed E-state index contributed by atoms with van der Waals surface area (Å²) >= 11 is 1.74. The van der Waals surface area contributed by atoms with Crippen LogP contribution in [0, 0.1) is 6.92 Å². The molecule has 0 saturated heterocycles. The molecular weight excluding hydrogens is 218 g/mol. The molecule has 16 heavy (non-hydrogen) atoms. The lowest BCUT2D eigenvalue weighted by atomic mass is 10.1. The van der Waals surface area contributed by atoms with Crippen molar-refractivity contribution in [2.24, 2.45) is 0 Å². The molecule has 2 aromatic rings. The number of hydrogen-bond donors (Lipinski definition) is 1. The SMILES string of the molecule is Cc1csc(-c2ccc3c(c2)NC(=O)C3)c1. The van der Waals surface area contributed by atoms with Crippen LogP contribution in [0.25, 0.3) is 10.4 Å². The third-order valence-electron chi connectivity index (χ3n) is 2.75. The van der Waals surface area contributed by atoms with Gasteiger partial charge in [-0.1, -0.05) is 12.1 Å². The predicted octanol–water partition coefficient (Wildman–Crippen LogP) is 3.22. The number of amides is 1. The third kappa shape index (κ3) is 1.53. The first-order valence-electron chi connectivity index (χ1n) is 5.21. The Kier molecular flexibility index (Phi) is 2.07. The Balaban J connectivity index is 2.05. The van der Waals surface area contributed by atoms with E-state index in [0.717, 1.165) is 11.3 Å². The van der Waals surface area contributed by atoms with Gasteiger partial charge in [0.1, 0.15) is 0 Å². The van der Waals surface area contributed by atoms with E-state index < -0.39 is 0 Å². The molecule has 0 radical (unpaired) electrons. The van der Waals surface area contributed by atoms with Crippen molar-refractivity contribution in [2.75, 3.05) is 5.32 Å². The number of benzene rings is 1. The molecule has 0 saturated carbocycles. The number of hydrogen-bond acceptors (Lipinski definition) is 2. The highest BCUT2D eigenvalue weighted by Crippen LogP contribution is 2.32. The van der Waals surface area contributed by atoms with Crippen molar-refractivity contribution in [3.63, 3.8) is 0 Å². The summed E-state index contributed by atoms with van der Waals surface area (Å²) in [7, 11) is 0. The fraction of sp³-hybridized carbons (Fsp3) is 0.154. The molecule has 0 unspecified atom stereocenters. The van der Waals surface area contributed by atoms with Crippen LogP contribution in [0.2, 0.25) is 0 Å². The van der Waals surface area contributed by atoms with E-state index in [0.29, 0.717) is 6.42 Å². The van der Waals surface area contributed by atoms with Gasteiger partial charge >= 0.3 is 0 Å². The number of carbonyl (C=O) groups is 1. The van der Waals surface area contributed by atoms with Crippen LogP contribution < -0.4 is 5.32 Å². The van der Waals surface area contributed by atoms with Crippen molar-refractivity contribution in [1.29, 1.82) is 0 Å². The molecule has 1 aliphatic heterocycles. The van der Waals surface area contributed by atoms with Crippen LogP contribution in [-0.2, 0) is 11.2 Å². The molecule has 3 heteroatoms. The van der Waals surface area contributed by atoms with Crippen molar-refractivity contribution >= 4 is 22.9 Å². The number of carbonyl (C=O) groups excluding carboxylic acids is 1. The fourth-order valence-electron chi connectivity index (χ4n) is 1.95. The highest BCUT2D eigenvalue weighted by molar-refractivity contribution is 7.13. The second-order valence-electron chi connectivity index (χ2n) is 4.09. The average molecular weight is 229 g/mol. The number of anilines is 1. The van der Waals surface area contributed by atoms with Gasteiger partial charge in [-0.15, -0.1) is 11.3 Å². The molecule has 2 nitrogen and oxygen atoms in total. The van der Waals surface area contributed by atoms with Gasteiger partial charge in [0.05, 0.1) is 6.42 Å². The molecule has 1 N–H and O–H groups in total. The lowest BCUT2D eigenvalue weighted by Gasteiger charge is -2.01. The lowest BCUT2D eigenvalue weighted by molar-refractivity contribution is -0.115. The summed E-state index contributed by atoms with van der Waals surface area (Å²) < 4.78 is 0. The van der Waals surface area contributed by atoms with Gasteiger partial charge in [-0.3, -0.25) is 4.79 Å². The summed E-state index contributed by atoms with van der Waals surface area (Å²) in [4.78, 5) is 12.5. The van der Waals surface area contributed by atoms with E-state index in [4.69, 9.17) is 0 Å². The lowest BCUT2D eigenvalue weighted by Crippen LogP contribution is -2.03. The molecular formula is C13H11NOS. The highest BCUT2D eigenvalue weighted by atomic mass is 32.1. The number of fused-ring (bicyclic) bond motifs is 1. The van der Waals surface area contributed by atoms with Crippen LogP contribution in [0.3, 0.4) is 0 Å². The van der Waals surface area contributed by atoms with E-state index in [1.165, 1.54) is 16.0 Å². The van der Waals surface area contributed by atoms with Gasteiger partial charge in [-0.25, -0.2) is 0 Å². The minimum absolute atomic E-state index is 0.0921. The zero-order valence-electron chi connectivity index (χ0n) is 8.91. The van der Waals surface area contributed by atoms with Gasteiger partial charge in [0.25, 0.3) is 0 Å². The van der Waals surface area contributed by atoms with Crippen LogP contribution in [0.1, 0.15) is 11.1 Å². The van der Waals surface area contributed by atoms with Crippen molar-refractivity contribution in [1.82, 2.24) is 0 Å². The zero-order chi connectivity index (χ0) is 11.1. The topological polar surface area (TPSA) is 29.1 Å². The van der Waals surface area contributed by atoms with Crippen LogP contribution in [0.15, 0.2) is 29.6 Å². The number of rotatable bonds is 1. The van der Waals surface area contributed by atoms with E-state index in [1.807, 2.05) is 6.07 Å². The maximum atomic E-state index is 11.2. The summed E-state index contributed by atoms with van der Waals surface area (Å²) in [5.74, 6) is 0.0921. The average Bonchev–Trinajstić information content (AvgIpc) is 2.81. The fourth-order valence-corrected chi connectivity index (χ4v) is 2.85. The van der Waals surface area contributed by atoms with Crippen LogP contribution in [0.5, 0.6) is 0 Å². The first-order chi connectivity index (χ1) is 7.72. The van der Waals surface area contributed by atoms with Gasteiger partial charge in [0.15, 0.2) is 0 Å². The summed E-state index contributed by atoms with van der Waals surface area (Å²) in [6.45, 7) is 2.09. The normalized spacial score (nSPS) is 13.7. The van der Waals surface area contributed by atoms with E-state index in [2.05, 4.69) is 35.8 Å². The second kappa shape index (κ2) is 3.46. The minimum Gasteiger partial charge on any atom is -0.326 e. The largest absolute Gasteiger partial charge is 0.326 e. The molecule has 80 valence electrons. The zero-order valence-corrected chi connectivity index (χ0v) is 9.73. The molecule has 1 aromatic carbocycles. The van der Waals surface area contributed by atoms with E-state index in [1.54, 1.807) is 11.3 Å². The highest BCUT2D eigenvalue weighted by Gasteiger charge is 2.17. The quantitative estimate of drug-likeness (QED) is 0.799. The Morgan fingerprint density at radius 1 is 1.31 bits per heavy atom. The summed E-state index contributed by atoms with van der Waals surface area (Å²) in [5.41, 5.74) is 4.53. The smallest absolute Gasteiger partial charge is 0.228 e. The molecule has 1 aromatic heterocycles. The Morgan fingerprint density at radius 3 is 2.94 bits per heavy atom. The van der Waals surface area contributed by atoms with E-state index in [9.17, 15) is 4.79 Å². The first-order valence-corrected chi connectivity index (χ1v) is 6.08. The van der Waals surface area contributed by atoms with Gasteiger partial charge in [-0.2, -0.15) is 0 Å². The number of nitrogens with one attached hydrogen (secondary N) is 1. The van der Waals surface area contributed by atoms with Gasteiger partial charge in [0.2, 0.25) is 5.91 Å². The monoisotopic (exact) mass is 229 g/mol. The van der Waals surface area contributed by atoms with Crippen molar-refractivity contribution in [2.45, 2.75) is 13.3 Å². The van der Waals surface area contributed by atoms with Gasteiger partial charge < -0.3 is 5.32 Å². The molecule has 3 rings (SSSR count). The first kappa shape index (κ1) is 9.60. The molecule has 2 heterocycles. The Labute approximate surface area is 97.9 Å². The molecule has 0 atom stereocenters. The van der Waals surface area contributed by atoms with Gasteiger partial charge in [0, 0.05) is 10.6 Å². The minimum atomic E-state index is 0.0921. The Hall–Kier alpha value is -1.61. The maximum absolute atomic E-state index is 11.2. The third-order valence-corrected chi connectivity index (χ3v) is 3.85. The second-order valence-corrected chi connectivity index (χ2v) is 5.00. The standard InChI is InChI=1S/C13H11NOS/c1-8-4-12(16-7-8)10-3-2-9-6-13(15)14-11(9)5-10/h2-5,7H,6H2,1H3,(H,14,15). The van der Waals surface area contributed by atoms with Crippen LogP contribution >= 0.6 is 11.3 Å². The van der Waals surface area contributed by atoms with Crippen LogP contribution in [0.4, 0.5) is 5.69 Å². The Morgan fingerprint density at radius 2 is 2.19 bits per heavy atom. The van der Waals surface area contributed by atoms with Crippen LogP contribution in [-0.4, -0.2) is 5.91 Å². The molecule has 0 spiro atoms. The summed E-state index contributed by atoms with van der Waals surface area (Å²) in [6, 6.07) is 8.36. The number of thiophene rings is 1. The summed E-state index contributed by atoms with van der Waals surface area (Å²) in [6.07, 6.45) is 0.513. The van der Waals surface area contributed by atoms with Crippen molar-refractivity contribution in [3.8, 4) is 10.4 Å². The molecule has 1 amide bonds. The summed E-state index contributed by atoms with van der Waals surface area (Å²) in [5, 5.41) is 5.02. The van der Waals surface area contributed by atoms with Crippen molar-refractivity contribution in [3.05, 3.63) is 40.8 Å². The predicted molar refractivity (Wildman–Crippen MR) is 66.8 cm³/mol. The molecule has 0 aliphatic carbocycles. The van der Waals surface area contributed by atoms with E-state index in [-0.39, 0.29) is 5.91 Å². The molecule has 1 aliphatic rings. The number of aryl methyl sites for hydroxylation is 1.